The second-order valence-electron chi connectivity index (χ2n) is 4.39. The third-order valence-corrected chi connectivity index (χ3v) is 3.76. The van der Waals surface area contributed by atoms with E-state index in [9.17, 15) is 0 Å². The second-order valence-corrected chi connectivity index (χ2v) is 4.39. The van der Waals surface area contributed by atoms with E-state index >= 15 is 0 Å². The molecule has 1 rings (SSSR count). The Kier molecular flexibility index (Phi) is 3.41. The van der Waals surface area contributed by atoms with Gasteiger partial charge in [-0.1, -0.05) is 46.8 Å². The summed E-state index contributed by atoms with van der Waals surface area (Å²) in [6, 6.07) is 0.571. The van der Waals surface area contributed by atoms with Crippen molar-refractivity contribution in [2.75, 3.05) is 0 Å². The fraction of sp³-hybridized carbons (Fsp3) is 0.692. The Hall–Kier alpha value is -0.720. The van der Waals surface area contributed by atoms with Crippen LogP contribution in [0.3, 0.4) is 0 Å². The number of nitrogens with zero attached hydrogens (tertiary/aromatic N) is 1. The van der Waals surface area contributed by atoms with Crippen molar-refractivity contribution < 1.29 is 0 Å². The maximum atomic E-state index is 4.11. The third kappa shape index (κ3) is 1.60. The van der Waals surface area contributed by atoms with Gasteiger partial charge in [0.2, 0.25) is 0 Å². The summed E-state index contributed by atoms with van der Waals surface area (Å²) in [6.07, 6.45) is 2.48. The van der Waals surface area contributed by atoms with E-state index in [0.29, 0.717) is 12.0 Å². The Labute approximate surface area is 88.5 Å². The third-order valence-electron chi connectivity index (χ3n) is 3.76. The minimum absolute atomic E-state index is 0.492. The van der Waals surface area contributed by atoms with Crippen molar-refractivity contribution in [3.05, 3.63) is 24.6 Å². The molecule has 1 atom stereocenters. The molecule has 1 aliphatic heterocycles. The number of likely N-dealkylation sites (tertiary alicyclic amines) is 1. The van der Waals surface area contributed by atoms with E-state index in [2.05, 4.69) is 45.8 Å². The molecule has 1 heteroatoms. The smallest absolute Gasteiger partial charge is 0.0356 e. The van der Waals surface area contributed by atoms with Gasteiger partial charge in [-0.15, -0.1) is 0 Å². The van der Waals surface area contributed by atoms with Crippen molar-refractivity contribution in [1.82, 2.24) is 4.90 Å². The first-order chi connectivity index (χ1) is 6.54. The van der Waals surface area contributed by atoms with Crippen LogP contribution in [0.1, 0.15) is 40.5 Å². The highest BCUT2D eigenvalue weighted by Gasteiger charge is 2.36. The fourth-order valence-corrected chi connectivity index (χ4v) is 2.43. The van der Waals surface area contributed by atoms with Crippen LogP contribution in [0.4, 0.5) is 0 Å². The molecule has 0 bridgehead atoms. The number of hydrogen-bond acceptors (Lipinski definition) is 1. The largest absolute Gasteiger partial charge is 0.345 e. The lowest BCUT2D eigenvalue weighted by Crippen LogP contribution is -2.47. The first-order valence-corrected chi connectivity index (χ1v) is 5.71. The lowest BCUT2D eigenvalue weighted by molar-refractivity contribution is 0.156. The average molecular weight is 193 g/mol. The van der Waals surface area contributed by atoms with Crippen molar-refractivity contribution in [3.8, 4) is 0 Å². The summed E-state index contributed by atoms with van der Waals surface area (Å²) in [7, 11) is 0. The van der Waals surface area contributed by atoms with Gasteiger partial charge in [0, 0.05) is 23.4 Å². The topological polar surface area (TPSA) is 3.24 Å². The van der Waals surface area contributed by atoms with E-state index in [1.807, 2.05) is 0 Å². The molecule has 0 aromatic carbocycles. The van der Waals surface area contributed by atoms with Crippen molar-refractivity contribution >= 4 is 0 Å². The molecular formula is C13H23N. The zero-order valence-corrected chi connectivity index (χ0v) is 10.0. The van der Waals surface area contributed by atoms with Gasteiger partial charge < -0.3 is 4.90 Å². The second kappa shape index (κ2) is 4.20. The summed E-state index contributed by atoms with van der Waals surface area (Å²) >= 11 is 0. The van der Waals surface area contributed by atoms with Crippen molar-refractivity contribution in [2.45, 2.75) is 46.6 Å². The van der Waals surface area contributed by atoms with Crippen LogP contribution in [0.25, 0.3) is 0 Å². The molecule has 0 spiro atoms. The summed E-state index contributed by atoms with van der Waals surface area (Å²) in [5.41, 5.74) is 2.49. The lowest BCUT2D eigenvalue weighted by Gasteiger charge is -2.50. The van der Waals surface area contributed by atoms with Crippen LogP contribution >= 0.6 is 0 Å². The van der Waals surface area contributed by atoms with Gasteiger partial charge in [-0.25, -0.2) is 0 Å². The van der Waals surface area contributed by atoms with Crippen molar-refractivity contribution in [3.63, 3.8) is 0 Å². The highest BCUT2D eigenvalue weighted by atomic mass is 15.2. The van der Waals surface area contributed by atoms with E-state index in [4.69, 9.17) is 0 Å². The quantitative estimate of drug-likeness (QED) is 0.656. The van der Waals surface area contributed by atoms with Crippen LogP contribution in [-0.4, -0.2) is 10.9 Å². The first-order valence-electron chi connectivity index (χ1n) is 5.71. The van der Waals surface area contributed by atoms with Gasteiger partial charge in [-0.2, -0.15) is 0 Å². The molecule has 80 valence electrons. The van der Waals surface area contributed by atoms with Gasteiger partial charge in [0.1, 0.15) is 0 Å². The maximum Gasteiger partial charge on any atom is 0.0356 e. The molecule has 0 aromatic heterocycles. The van der Waals surface area contributed by atoms with Gasteiger partial charge in [-0.3, -0.25) is 0 Å². The molecule has 0 radical (unpaired) electrons. The maximum absolute atomic E-state index is 4.11. The lowest BCUT2D eigenvalue weighted by atomic mass is 9.85. The highest BCUT2D eigenvalue weighted by Crippen LogP contribution is 2.41. The molecule has 1 nitrogen and oxygen atoms in total. The van der Waals surface area contributed by atoms with Gasteiger partial charge >= 0.3 is 0 Å². The van der Waals surface area contributed by atoms with Crippen molar-refractivity contribution in [2.24, 2.45) is 11.8 Å². The van der Waals surface area contributed by atoms with Crippen LogP contribution in [0.2, 0.25) is 0 Å². The Morgan fingerprint density at radius 2 is 1.64 bits per heavy atom. The molecule has 0 amide bonds. The zero-order valence-electron chi connectivity index (χ0n) is 10.0. The Balaban J connectivity index is 2.66. The normalized spacial score (nSPS) is 20.2. The zero-order chi connectivity index (χ0) is 10.9. The fourth-order valence-electron chi connectivity index (χ4n) is 2.43. The van der Waals surface area contributed by atoms with E-state index in [1.165, 1.54) is 24.2 Å². The number of hydrogen-bond donors (Lipinski definition) is 0. The van der Waals surface area contributed by atoms with Crippen molar-refractivity contribution in [1.29, 1.82) is 0 Å². The van der Waals surface area contributed by atoms with E-state index in [1.54, 1.807) is 0 Å². The van der Waals surface area contributed by atoms with Gasteiger partial charge in [0.05, 0.1) is 0 Å². The van der Waals surface area contributed by atoms with Crippen LogP contribution < -0.4 is 0 Å². The van der Waals surface area contributed by atoms with Gasteiger partial charge in [0.15, 0.2) is 0 Å². The highest BCUT2D eigenvalue weighted by molar-refractivity contribution is 5.30. The minimum Gasteiger partial charge on any atom is -0.345 e. The molecule has 1 fully saturated rings. The predicted molar refractivity (Wildman–Crippen MR) is 62.8 cm³/mol. The SMILES string of the molecule is C=C1C(C)C(=C)N1C(C)C(CC)CC. The standard InChI is InChI=1S/C13H23N/c1-7-13(8-2)12(6)14-10(4)9(3)11(14)5/h9,12-13H,4-5,7-8H2,1-3,6H3. The Morgan fingerprint density at radius 1 is 1.21 bits per heavy atom. The van der Waals surface area contributed by atoms with E-state index in [0.717, 1.165) is 5.92 Å². The van der Waals surface area contributed by atoms with E-state index < -0.39 is 0 Å². The van der Waals surface area contributed by atoms with Crippen LogP contribution in [0, 0.1) is 11.8 Å². The monoisotopic (exact) mass is 193 g/mol. The molecule has 0 saturated carbocycles. The molecule has 1 heterocycles. The summed E-state index contributed by atoms with van der Waals surface area (Å²) in [5, 5.41) is 0. The predicted octanol–water partition coefficient (Wildman–Crippen LogP) is 3.79. The van der Waals surface area contributed by atoms with Gasteiger partial charge in [-0.05, 0) is 12.8 Å². The molecule has 0 aromatic rings. The average Bonchev–Trinajstić information content (AvgIpc) is 2.19. The molecule has 1 unspecified atom stereocenters. The molecular weight excluding hydrogens is 170 g/mol. The van der Waals surface area contributed by atoms with E-state index in [-0.39, 0.29) is 0 Å². The molecule has 0 aliphatic carbocycles. The molecule has 1 aliphatic rings. The minimum atomic E-state index is 0.492. The van der Waals surface area contributed by atoms with Crippen LogP contribution in [-0.2, 0) is 0 Å². The summed E-state index contributed by atoms with van der Waals surface area (Å²) in [5.74, 6) is 1.25. The number of rotatable bonds is 4. The van der Waals surface area contributed by atoms with Gasteiger partial charge in [0.25, 0.3) is 0 Å². The summed E-state index contributed by atoms with van der Waals surface area (Å²) < 4.78 is 0. The van der Waals surface area contributed by atoms with Crippen LogP contribution in [0.5, 0.6) is 0 Å². The molecule has 14 heavy (non-hydrogen) atoms. The first kappa shape index (κ1) is 11.4. The Morgan fingerprint density at radius 3 is 2.00 bits per heavy atom. The molecule has 1 saturated heterocycles. The summed E-state index contributed by atoms with van der Waals surface area (Å²) in [6.45, 7) is 17.2. The van der Waals surface area contributed by atoms with Crippen LogP contribution in [0.15, 0.2) is 24.6 Å². The molecule has 0 N–H and O–H groups in total. The Bertz CT molecular complexity index is 222. The summed E-state index contributed by atoms with van der Waals surface area (Å²) in [4.78, 5) is 2.32.